The minimum atomic E-state index is -3.52. The Morgan fingerprint density at radius 1 is 0.905 bits per heavy atom. The number of hydrogen-bond donors (Lipinski definition) is 3. The van der Waals surface area contributed by atoms with E-state index < -0.39 is 26.5 Å². The van der Waals surface area contributed by atoms with Crippen molar-refractivity contribution < 1.29 is 28.2 Å². The third-order valence-corrected chi connectivity index (χ3v) is 12.5. The van der Waals surface area contributed by atoms with Gasteiger partial charge >= 0.3 is 0 Å². The fraction of sp³-hybridized carbons (Fsp3) is 0.406. The molecule has 1 heterocycles. The van der Waals surface area contributed by atoms with Crippen LogP contribution in [0.2, 0.25) is 0 Å². The van der Waals surface area contributed by atoms with Gasteiger partial charge in [-0.2, -0.15) is 0 Å². The molecule has 2 fully saturated rings. The number of phenols is 1. The third-order valence-electron chi connectivity index (χ3n) is 9.18. The van der Waals surface area contributed by atoms with Crippen LogP contribution in [-0.2, 0) is 15.4 Å². The molecule has 0 radical (unpaired) electrons. The number of halogens is 1. The summed E-state index contributed by atoms with van der Waals surface area (Å²) in [4.78, 5) is 1.18. The minimum absolute atomic E-state index is 0.166. The van der Waals surface area contributed by atoms with Crippen LogP contribution in [0.1, 0.15) is 69.1 Å². The fourth-order valence-corrected chi connectivity index (χ4v) is 9.28. The van der Waals surface area contributed by atoms with Crippen LogP contribution in [0.3, 0.4) is 0 Å². The van der Waals surface area contributed by atoms with Gasteiger partial charge < -0.3 is 15.4 Å². The second-order valence-electron chi connectivity index (χ2n) is 12.5. The van der Waals surface area contributed by atoms with Gasteiger partial charge in [0, 0.05) is 40.7 Å². The van der Waals surface area contributed by atoms with E-state index >= 15 is 0 Å². The van der Waals surface area contributed by atoms with Crippen LogP contribution in [0, 0.1) is 11.2 Å². The summed E-state index contributed by atoms with van der Waals surface area (Å²) in [5.41, 5.74) is 2.66. The van der Waals surface area contributed by atoms with Gasteiger partial charge in [0.15, 0.2) is 9.84 Å². The van der Waals surface area contributed by atoms with Gasteiger partial charge in [-0.05, 0) is 103 Å². The van der Waals surface area contributed by atoms with E-state index in [1.54, 1.807) is 12.1 Å². The van der Waals surface area contributed by atoms with Crippen LogP contribution in [0.15, 0.2) is 69.5 Å². The standard InChI is InChI=1S/C32H35FN2O5S2/c1-31(2)11-9-22(10-12-31)42(39,40)23-5-7-25-24-6-4-21(18-26(24)30(34-38)27(25)19-23)41-35-15-13-32(37,14-16-35)28-8-3-20(33)17-29(28)36/h3-8,17-19,22,36-38H,9-16H2,1-2H3/b34-30-. The van der Waals surface area contributed by atoms with E-state index in [0.717, 1.165) is 40.5 Å². The predicted octanol–water partition coefficient (Wildman–Crippen LogP) is 6.47. The van der Waals surface area contributed by atoms with Crippen LogP contribution < -0.4 is 0 Å². The largest absolute Gasteiger partial charge is 0.507 e. The monoisotopic (exact) mass is 610 g/mol. The van der Waals surface area contributed by atoms with Gasteiger partial charge in [0.1, 0.15) is 17.3 Å². The van der Waals surface area contributed by atoms with Crippen molar-refractivity contribution in [2.75, 3.05) is 13.1 Å². The van der Waals surface area contributed by atoms with E-state index in [1.165, 1.54) is 24.1 Å². The molecule has 1 aliphatic heterocycles. The molecule has 1 saturated carbocycles. The molecule has 10 heteroatoms. The first-order valence-electron chi connectivity index (χ1n) is 14.3. The van der Waals surface area contributed by atoms with Crippen LogP contribution in [0.5, 0.6) is 5.75 Å². The van der Waals surface area contributed by atoms with Gasteiger partial charge in [-0.3, -0.25) is 0 Å². The third kappa shape index (κ3) is 5.23. The van der Waals surface area contributed by atoms with E-state index in [1.807, 2.05) is 24.3 Å². The van der Waals surface area contributed by atoms with E-state index in [4.69, 9.17) is 0 Å². The maximum atomic E-state index is 13.6. The van der Waals surface area contributed by atoms with Crippen molar-refractivity contribution in [3.8, 4) is 16.9 Å². The first kappa shape index (κ1) is 29.2. The number of fused-ring (bicyclic) bond motifs is 3. The summed E-state index contributed by atoms with van der Waals surface area (Å²) in [5.74, 6) is -0.796. The van der Waals surface area contributed by atoms with E-state index in [-0.39, 0.29) is 16.1 Å². The van der Waals surface area contributed by atoms with E-state index in [9.17, 15) is 28.2 Å². The summed E-state index contributed by atoms with van der Waals surface area (Å²) in [7, 11) is -3.52. The molecule has 7 nitrogen and oxygen atoms in total. The average molecular weight is 611 g/mol. The van der Waals surface area contributed by atoms with Crippen molar-refractivity contribution in [1.82, 2.24) is 4.31 Å². The first-order valence-corrected chi connectivity index (χ1v) is 16.6. The Morgan fingerprint density at radius 3 is 2.19 bits per heavy atom. The highest BCUT2D eigenvalue weighted by Gasteiger charge is 2.38. The minimum Gasteiger partial charge on any atom is -0.507 e. The summed E-state index contributed by atoms with van der Waals surface area (Å²) in [5, 5.41) is 34.6. The van der Waals surface area contributed by atoms with Crippen molar-refractivity contribution in [2.24, 2.45) is 10.6 Å². The molecule has 222 valence electrons. The van der Waals surface area contributed by atoms with Gasteiger partial charge in [-0.1, -0.05) is 31.1 Å². The second kappa shape index (κ2) is 10.7. The smallest absolute Gasteiger partial charge is 0.181 e. The molecule has 3 aromatic rings. The summed E-state index contributed by atoms with van der Waals surface area (Å²) in [6.07, 6.45) is 3.79. The zero-order valence-corrected chi connectivity index (χ0v) is 25.3. The van der Waals surface area contributed by atoms with Crippen molar-refractivity contribution in [3.05, 3.63) is 77.1 Å². The van der Waals surface area contributed by atoms with Crippen molar-refractivity contribution in [2.45, 2.75) is 73.0 Å². The van der Waals surface area contributed by atoms with Crippen LogP contribution in [0.25, 0.3) is 11.1 Å². The SMILES string of the molecule is CC1(C)CCC(S(=O)(=O)c2ccc3c(c2)/C(=N\O)c2cc(SN4CCC(O)(c5ccc(F)cc5O)CC4)ccc2-3)CC1. The molecule has 0 bridgehead atoms. The van der Waals surface area contributed by atoms with Crippen LogP contribution in [-0.4, -0.2) is 52.2 Å². The van der Waals surface area contributed by atoms with Gasteiger partial charge in [-0.15, -0.1) is 0 Å². The molecule has 1 saturated heterocycles. The molecule has 3 N–H and O–H groups in total. The summed E-state index contributed by atoms with van der Waals surface area (Å²) >= 11 is 1.52. The molecular weight excluding hydrogens is 575 g/mol. The Balaban J connectivity index is 1.19. The molecule has 0 unspecified atom stereocenters. The van der Waals surface area contributed by atoms with Crippen molar-refractivity contribution in [3.63, 3.8) is 0 Å². The van der Waals surface area contributed by atoms with Crippen molar-refractivity contribution in [1.29, 1.82) is 0 Å². The number of rotatable bonds is 5. The number of piperidine rings is 1. The number of nitrogens with zero attached hydrogens (tertiary/aromatic N) is 2. The topological polar surface area (TPSA) is 110 Å². The van der Waals surface area contributed by atoms with Gasteiger partial charge in [0.25, 0.3) is 0 Å². The maximum Gasteiger partial charge on any atom is 0.181 e. The fourth-order valence-electron chi connectivity index (χ4n) is 6.53. The van der Waals surface area contributed by atoms with Crippen molar-refractivity contribution >= 4 is 27.5 Å². The van der Waals surface area contributed by atoms with E-state index in [0.29, 0.717) is 55.6 Å². The first-order chi connectivity index (χ1) is 19.9. The molecule has 42 heavy (non-hydrogen) atoms. The Hall–Kier alpha value is -2.92. The lowest BCUT2D eigenvalue weighted by atomic mass is 9.77. The molecule has 0 aromatic heterocycles. The zero-order chi connectivity index (χ0) is 29.9. The maximum absolute atomic E-state index is 13.6. The number of phenolic OH excluding ortho intramolecular Hbond substituents is 1. The molecule has 0 spiro atoms. The Labute approximate surface area is 250 Å². The number of benzene rings is 3. The molecule has 2 aliphatic carbocycles. The normalized spacial score (nSPS) is 21.3. The van der Waals surface area contributed by atoms with Crippen LogP contribution in [0.4, 0.5) is 4.39 Å². The highest BCUT2D eigenvalue weighted by molar-refractivity contribution is 7.97. The van der Waals surface area contributed by atoms with E-state index in [2.05, 4.69) is 23.3 Å². The summed E-state index contributed by atoms with van der Waals surface area (Å²) < 4.78 is 42.7. The number of oxime groups is 1. The quantitative estimate of drug-likeness (QED) is 0.135. The lowest BCUT2D eigenvalue weighted by Gasteiger charge is -2.38. The average Bonchev–Trinajstić information content (AvgIpc) is 3.26. The molecule has 0 atom stereocenters. The molecular formula is C32H35FN2O5S2. The lowest BCUT2D eigenvalue weighted by molar-refractivity contribution is -0.00986. The predicted molar refractivity (Wildman–Crippen MR) is 161 cm³/mol. The summed E-state index contributed by atoms with van der Waals surface area (Å²) in [6, 6.07) is 14.7. The lowest BCUT2D eigenvalue weighted by Crippen LogP contribution is -2.39. The van der Waals surface area contributed by atoms with Gasteiger partial charge in [-0.25, -0.2) is 17.1 Å². The Morgan fingerprint density at radius 2 is 1.55 bits per heavy atom. The van der Waals surface area contributed by atoms with Gasteiger partial charge in [0.2, 0.25) is 0 Å². The number of aliphatic hydroxyl groups is 1. The molecule has 3 aliphatic rings. The molecule has 6 rings (SSSR count). The molecule has 3 aromatic carbocycles. The van der Waals surface area contributed by atoms with Crippen LogP contribution >= 0.6 is 11.9 Å². The van der Waals surface area contributed by atoms with Gasteiger partial charge in [0.05, 0.1) is 15.7 Å². The number of hydrogen-bond acceptors (Lipinski definition) is 8. The zero-order valence-electron chi connectivity index (χ0n) is 23.7. The highest BCUT2D eigenvalue weighted by atomic mass is 32.2. The highest BCUT2D eigenvalue weighted by Crippen LogP contribution is 2.44. The molecule has 0 amide bonds. The second-order valence-corrected chi connectivity index (χ2v) is 15.9. The Bertz CT molecular complexity index is 1670. The number of aromatic hydroxyl groups is 1. The number of sulfone groups is 1. The summed E-state index contributed by atoms with van der Waals surface area (Å²) in [6.45, 7) is 5.44. The Kier molecular flexibility index (Phi) is 7.40.